The largest absolute Gasteiger partial charge is 0.466 e. The molecule has 0 unspecified atom stereocenters. The highest BCUT2D eigenvalue weighted by Gasteiger charge is 2.52. The molecule has 1 aliphatic rings. The summed E-state index contributed by atoms with van der Waals surface area (Å²) in [7, 11) is 0. The highest BCUT2D eigenvalue weighted by molar-refractivity contribution is 5.70. The van der Waals surface area contributed by atoms with E-state index in [0.29, 0.717) is 12.8 Å². The molecule has 0 spiro atoms. The topological polar surface area (TPSA) is 26.3 Å². The van der Waals surface area contributed by atoms with Gasteiger partial charge in [0.2, 0.25) is 6.43 Å². The van der Waals surface area contributed by atoms with Crippen molar-refractivity contribution in [2.24, 2.45) is 5.41 Å². The highest BCUT2D eigenvalue weighted by Crippen LogP contribution is 2.53. The summed E-state index contributed by atoms with van der Waals surface area (Å²) in [5.41, 5.74) is -1.04. The molecule has 0 aliphatic heterocycles. The van der Waals surface area contributed by atoms with Crippen molar-refractivity contribution in [3.63, 3.8) is 0 Å². The third kappa shape index (κ3) is 1.93. The first-order valence-electron chi connectivity index (χ1n) is 4.04. The molecule has 4 heteroatoms. The maximum absolute atomic E-state index is 12.3. The predicted octanol–water partition coefficient (Wildman–Crippen LogP) is 1.98. The van der Waals surface area contributed by atoms with E-state index in [4.69, 9.17) is 0 Å². The Morgan fingerprint density at radius 1 is 1.58 bits per heavy atom. The fourth-order valence-corrected chi connectivity index (χ4v) is 1.13. The van der Waals surface area contributed by atoms with Gasteiger partial charge >= 0.3 is 5.97 Å². The second kappa shape index (κ2) is 3.37. The predicted molar refractivity (Wildman–Crippen MR) is 38.9 cm³/mol. The Balaban J connectivity index is 2.35. The molecule has 0 atom stereocenters. The zero-order valence-electron chi connectivity index (χ0n) is 6.98. The number of carbonyl (C=O) groups excluding carboxylic acids is 1. The van der Waals surface area contributed by atoms with Gasteiger partial charge in [-0.05, 0) is 19.8 Å². The maximum atomic E-state index is 12.3. The van der Waals surface area contributed by atoms with Gasteiger partial charge in [-0.3, -0.25) is 4.79 Å². The molecule has 12 heavy (non-hydrogen) atoms. The van der Waals surface area contributed by atoms with Gasteiger partial charge in [-0.25, -0.2) is 8.78 Å². The van der Waals surface area contributed by atoms with Crippen molar-refractivity contribution < 1.29 is 18.3 Å². The molecule has 0 aromatic heterocycles. The van der Waals surface area contributed by atoms with Crippen molar-refractivity contribution in [1.82, 2.24) is 0 Å². The van der Waals surface area contributed by atoms with E-state index in [9.17, 15) is 13.6 Å². The van der Waals surface area contributed by atoms with Gasteiger partial charge in [0.15, 0.2) is 0 Å². The second-order valence-electron chi connectivity index (χ2n) is 3.14. The van der Waals surface area contributed by atoms with Crippen LogP contribution >= 0.6 is 0 Å². The number of halogens is 2. The Labute approximate surface area is 69.9 Å². The van der Waals surface area contributed by atoms with E-state index in [2.05, 4.69) is 4.74 Å². The van der Waals surface area contributed by atoms with Gasteiger partial charge in [0.05, 0.1) is 13.0 Å². The second-order valence-corrected chi connectivity index (χ2v) is 3.14. The zero-order chi connectivity index (χ0) is 9.19. The number of esters is 1. The van der Waals surface area contributed by atoms with Crippen LogP contribution in [0.5, 0.6) is 0 Å². The van der Waals surface area contributed by atoms with Crippen LogP contribution in [-0.4, -0.2) is 19.0 Å². The number of alkyl halides is 2. The molecule has 0 heterocycles. The molecule has 0 aromatic carbocycles. The number of ether oxygens (including phenoxy) is 1. The van der Waals surface area contributed by atoms with Crippen LogP contribution in [0.1, 0.15) is 26.2 Å². The van der Waals surface area contributed by atoms with Gasteiger partial charge in [0.25, 0.3) is 0 Å². The van der Waals surface area contributed by atoms with Crippen LogP contribution in [0.15, 0.2) is 0 Å². The van der Waals surface area contributed by atoms with Crippen molar-refractivity contribution >= 4 is 5.97 Å². The summed E-state index contributed by atoms with van der Waals surface area (Å²) in [6, 6.07) is 0. The quantitative estimate of drug-likeness (QED) is 0.615. The van der Waals surface area contributed by atoms with Gasteiger partial charge in [-0.2, -0.15) is 0 Å². The molecule has 0 amide bonds. The fourth-order valence-electron chi connectivity index (χ4n) is 1.13. The minimum atomic E-state index is -2.39. The summed E-state index contributed by atoms with van der Waals surface area (Å²) in [4.78, 5) is 10.8. The maximum Gasteiger partial charge on any atom is 0.306 e. The van der Waals surface area contributed by atoms with E-state index in [0.717, 1.165) is 0 Å². The molecular weight excluding hydrogens is 166 g/mol. The van der Waals surface area contributed by atoms with Crippen molar-refractivity contribution in [3.05, 3.63) is 0 Å². The summed E-state index contributed by atoms with van der Waals surface area (Å²) in [5.74, 6) is -0.504. The van der Waals surface area contributed by atoms with E-state index >= 15 is 0 Å². The zero-order valence-corrected chi connectivity index (χ0v) is 6.98. The Hall–Kier alpha value is -0.670. The molecule has 0 radical (unpaired) electrons. The van der Waals surface area contributed by atoms with Crippen LogP contribution in [-0.2, 0) is 9.53 Å². The minimum Gasteiger partial charge on any atom is -0.466 e. The fraction of sp³-hybridized carbons (Fsp3) is 0.875. The normalized spacial score (nSPS) is 19.3. The molecule has 1 saturated carbocycles. The number of carbonyl (C=O) groups is 1. The number of rotatable bonds is 4. The first kappa shape index (κ1) is 9.42. The SMILES string of the molecule is CCOC(=O)CC1(C(F)F)CC1. The van der Waals surface area contributed by atoms with Crippen molar-refractivity contribution in [3.8, 4) is 0 Å². The average molecular weight is 178 g/mol. The Bertz CT molecular complexity index is 176. The van der Waals surface area contributed by atoms with Crippen LogP contribution in [0, 0.1) is 5.41 Å². The summed E-state index contributed by atoms with van der Waals surface area (Å²) < 4.78 is 29.1. The lowest BCUT2D eigenvalue weighted by Crippen LogP contribution is -2.18. The monoisotopic (exact) mass is 178 g/mol. The van der Waals surface area contributed by atoms with Gasteiger partial charge in [-0.15, -0.1) is 0 Å². The van der Waals surface area contributed by atoms with Gasteiger partial charge in [0, 0.05) is 5.41 Å². The van der Waals surface area contributed by atoms with Gasteiger partial charge < -0.3 is 4.74 Å². The molecule has 0 N–H and O–H groups in total. The molecule has 0 bridgehead atoms. The molecule has 0 saturated heterocycles. The van der Waals surface area contributed by atoms with Crippen LogP contribution in [0.3, 0.4) is 0 Å². The molecule has 1 fully saturated rings. The van der Waals surface area contributed by atoms with Crippen molar-refractivity contribution in [2.45, 2.75) is 32.6 Å². The summed E-state index contributed by atoms with van der Waals surface area (Å²) in [6.45, 7) is 1.93. The van der Waals surface area contributed by atoms with Crippen LogP contribution in [0.2, 0.25) is 0 Å². The van der Waals surface area contributed by atoms with E-state index in [-0.39, 0.29) is 13.0 Å². The Morgan fingerprint density at radius 2 is 2.17 bits per heavy atom. The van der Waals surface area contributed by atoms with Crippen molar-refractivity contribution in [2.75, 3.05) is 6.61 Å². The molecule has 70 valence electrons. The molecule has 0 aromatic rings. The molecule has 2 nitrogen and oxygen atoms in total. The Kier molecular flexibility index (Phi) is 2.65. The third-order valence-corrected chi connectivity index (χ3v) is 2.16. The summed E-state index contributed by atoms with van der Waals surface area (Å²) in [6.07, 6.45) is -1.62. The smallest absolute Gasteiger partial charge is 0.306 e. The standard InChI is InChI=1S/C8H12F2O2/c1-2-12-6(11)5-8(3-4-8)7(9)10/h7H,2-5H2,1H3. The lowest BCUT2D eigenvalue weighted by molar-refractivity contribution is -0.146. The molecule has 1 aliphatic carbocycles. The Morgan fingerprint density at radius 3 is 2.50 bits per heavy atom. The first-order chi connectivity index (χ1) is 5.60. The highest BCUT2D eigenvalue weighted by atomic mass is 19.3. The average Bonchev–Trinajstić information content (AvgIpc) is 2.69. The van der Waals surface area contributed by atoms with Crippen LogP contribution in [0.4, 0.5) is 8.78 Å². The lowest BCUT2D eigenvalue weighted by atomic mass is 10.0. The van der Waals surface area contributed by atoms with Gasteiger partial charge in [-0.1, -0.05) is 0 Å². The summed E-state index contributed by atoms with van der Waals surface area (Å²) in [5, 5.41) is 0. The van der Waals surface area contributed by atoms with Crippen LogP contribution in [0.25, 0.3) is 0 Å². The van der Waals surface area contributed by atoms with Crippen molar-refractivity contribution in [1.29, 1.82) is 0 Å². The molecular formula is C8H12F2O2. The van der Waals surface area contributed by atoms with E-state index in [1.807, 2.05) is 0 Å². The first-order valence-corrected chi connectivity index (χ1v) is 4.04. The number of hydrogen-bond donors (Lipinski definition) is 0. The summed E-state index contributed by atoms with van der Waals surface area (Å²) >= 11 is 0. The van der Waals surface area contributed by atoms with E-state index < -0.39 is 17.8 Å². The third-order valence-electron chi connectivity index (χ3n) is 2.16. The lowest BCUT2D eigenvalue weighted by Gasteiger charge is -2.11. The molecule has 1 rings (SSSR count). The van der Waals surface area contributed by atoms with Gasteiger partial charge in [0.1, 0.15) is 0 Å². The van der Waals surface area contributed by atoms with E-state index in [1.54, 1.807) is 6.92 Å². The minimum absolute atomic E-state index is 0.126. The van der Waals surface area contributed by atoms with Crippen LogP contribution < -0.4 is 0 Å². The number of hydrogen-bond acceptors (Lipinski definition) is 2. The van der Waals surface area contributed by atoms with E-state index in [1.165, 1.54) is 0 Å².